The van der Waals surface area contributed by atoms with Crippen LogP contribution in [0.15, 0.2) is 59.2 Å². The van der Waals surface area contributed by atoms with Gasteiger partial charge in [-0.15, -0.1) is 0 Å². The van der Waals surface area contributed by atoms with Crippen LogP contribution in [0.2, 0.25) is 0 Å². The van der Waals surface area contributed by atoms with Gasteiger partial charge in [-0.25, -0.2) is 0 Å². The van der Waals surface area contributed by atoms with Crippen LogP contribution in [0, 0.1) is 11.3 Å². The van der Waals surface area contributed by atoms with Crippen molar-refractivity contribution in [3.63, 3.8) is 0 Å². The lowest BCUT2D eigenvalue weighted by Crippen LogP contribution is -2.48. The maximum Gasteiger partial charge on any atom is 0.272 e. The number of piperazine rings is 1. The molecule has 1 amide bonds. The van der Waals surface area contributed by atoms with Crippen molar-refractivity contribution in [3.8, 4) is 23.3 Å². The first-order valence-corrected chi connectivity index (χ1v) is 11.2. The predicted molar refractivity (Wildman–Crippen MR) is 122 cm³/mol. The van der Waals surface area contributed by atoms with Gasteiger partial charge in [0.15, 0.2) is 11.5 Å². The first kappa shape index (κ1) is 20.6. The largest absolute Gasteiger partial charge is 0.454 e. The Kier molecular flexibility index (Phi) is 5.60. The fourth-order valence-electron chi connectivity index (χ4n) is 4.14. The summed E-state index contributed by atoms with van der Waals surface area (Å²) in [6, 6.07) is 17.6. The summed E-state index contributed by atoms with van der Waals surface area (Å²) in [6.45, 7) is 3.79. The Morgan fingerprint density at radius 1 is 1.03 bits per heavy atom. The molecule has 32 heavy (non-hydrogen) atoms. The van der Waals surface area contributed by atoms with E-state index in [1.54, 1.807) is 16.8 Å². The number of amides is 1. The van der Waals surface area contributed by atoms with E-state index in [0.29, 0.717) is 24.3 Å². The van der Waals surface area contributed by atoms with Crippen LogP contribution in [0.1, 0.15) is 21.6 Å². The van der Waals surface area contributed by atoms with E-state index in [-0.39, 0.29) is 12.7 Å². The summed E-state index contributed by atoms with van der Waals surface area (Å²) in [5.41, 5.74) is 2.78. The topological polar surface area (TPSA) is 70.7 Å². The van der Waals surface area contributed by atoms with Gasteiger partial charge < -0.3 is 18.9 Å². The van der Waals surface area contributed by atoms with Crippen LogP contribution in [-0.2, 0) is 6.54 Å². The number of fused-ring (bicyclic) bond motifs is 1. The molecule has 2 aromatic carbocycles. The molecule has 8 heteroatoms. The number of rotatable bonds is 4. The monoisotopic (exact) mass is 492 g/mol. The first-order valence-electron chi connectivity index (χ1n) is 10.4. The molecule has 3 heterocycles. The molecule has 2 aliphatic heterocycles. The average molecular weight is 493 g/mol. The van der Waals surface area contributed by atoms with Crippen LogP contribution in [0.25, 0.3) is 5.69 Å². The minimum absolute atomic E-state index is 0.120. The van der Waals surface area contributed by atoms with E-state index in [2.05, 4.69) is 33.0 Å². The smallest absolute Gasteiger partial charge is 0.272 e. The van der Waals surface area contributed by atoms with E-state index in [1.807, 2.05) is 41.3 Å². The van der Waals surface area contributed by atoms with Gasteiger partial charge in [0.1, 0.15) is 11.8 Å². The van der Waals surface area contributed by atoms with Crippen molar-refractivity contribution in [2.75, 3.05) is 33.0 Å². The molecule has 0 saturated carbocycles. The lowest BCUT2D eigenvalue weighted by molar-refractivity contribution is 0.0620. The van der Waals surface area contributed by atoms with Gasteiger partial charge in [-0.3, -0.25) is 9.69 Å². The van der Waals surface area contributed by atoms with Crippen LogP contribution >= 0.6 is 15.9 Å². The van der Waals surface area contributed by atoms with Crippen LogP contribution in [0.3, 0.4) is 0 Å². The van der Waals surface area contributed by atoms with E-state index < -0.39 is 0 Å². The van der Waals surface area contributed by atoms with E-state index in [1.165, 1.54) is 0 Å². The molecule has 0 aliphatic carbocycles. The Bertz CT molecular complexity index is 1210. The zero-order valence-electron chi connectivity index (χ0n) is 17.3. The molecule has 1 saturated heterocycles. The Balaban J connectivity index is 1.29. The molecule has 0 bridgehead atoms. The number of aromatic nitrogens is 1. The molecule has 2 aliphatic rings. The van der Waals surface area contributed by atoms with Gasteiger partial charge in [0.2, 0.25) is 6.79 Å². The van der Waals surface area contributed by atoms with Crippen molar-refractivity contribution in [2.45, 2.75) is 6.54 Å². The predicted octanol–water partition coefficient (Wildman–Crippen LogP) is 3.80. The number of nitrogens with zero attached hydrogens (tertiary/aromatic N) is 4. The molecule has 0 radical (unpaired) electrons. The Labute approximate surface area is 194 Å². The van der Waals surface area contributed by atoms with Crippen LogP contribution < -0.4 is 9.47 Å². The van der Waals surface area contributed by atoms with E-state index in [4.69, 9.17) is 9.47 Å². The molecule has 0 spiro atoms. The van der Waals surface area contributed by atoms with E-state index in [0.717, 1.165) is 46.9 Å². The molecule has 162 valence electrons. The summed E-state index contributed by atoms with van der Waals surface area (Å²) in [7, 11) is 0. The van der Waals surface area contributed by atoms with Gasteiger partial charge in [0.25, 0.3) is 5.91 Å². The minimum atomic E-state index is -0.120. The Morgan fingerprint density at radius 3 is 2.59 bits per heavy atom. The third-order valence-corrected chi connectivity index (χ3v) is 6.49. The fourth-order valence-corrected chi connectivity index (χ4v) is 4.62. The number of hydrogen-bond acceptors (Lipinski definition) is 5. The lowest BCUT2D eigenvalue weighted by atomic mass is 10.1. The van der Waals surface area contributed by atoms with Crippen molar-refractivity contribution < 1.29 is 14.3 Å². The van der Waals surface area contributed by atoms with E-state index >= 15 is 0 Å². The molecule has 0 atom stereocenters. The van der Waals surface area contributed by atoms with Gasteiger partial charge in [-0.05, 0) is 51.8 Å². The highest BCUT2D eigenvalue weighted by Crippen LogP contribution is 2.33. The molecule has 0 N–H and O–H groups in total. The second-order valence-electron chi connectivity index (χ2n) is 7.77. The normalized spacial score (nSPS) is 15.6. The molecule has 1 aromatic heterocycles. The van der Waals surface area contributed by atoms with Gasteiger partial charge in [-0.2, -0.15) is 5.26 Å². The van der Waals surface area contributed by atoms with E-state index in [9.17, 15) is 10.1 Å². The van der Waals surface area contributed by atoms with Gasteiger partial charge >= 0.3 is 0 Å². The summed E-state index contributed by atoms with van der Waals surface area (Å²) < 4.78 is 13.5. The molecule has 3 aromatic rings. The van der Waals surface area contributed by atoms with Crippen molar-refractivity contribution in [2.24, 2.45) is 0 Å². The number of carbonyl (C=O) groups excluding carboxylic acids is 1. The second kappa shape index (κ2) is 8.69. The summed E-state index contributed by atoms with van der Waals surface area (Å²) in [4.78, 5) is 17.6. The highest BCUT2D eigenvalue weighted by molar-refractivity contribution is 9.10. The first-order chi connectivity index (χ1) is 15.6. The van der Waals surface area contributed by atoms with Crippen molar-refractivity contribution in [1.82, 2.24) is 14.4 Å². The van der Waals surface area contributed by atoms with Crippen LogP contribution in [0.5, 0.6) is 11.5 Å². The zero-order valence-corrected chi connectivity index (χ0v) is 18.9. The number of benzene rings is 2. The number of ether oxygens (including phenoxy) is 2. The number of para-hydroxylation sites is 1. The second-order valence-corrected chi connectivity index (χ2v) is 8.62. The summed E-state index contributed by atoms with van der Waals surface area (Å²) in [6.07, 6.45) is 1.78. The maximum atomic E-state index is 13.4. The quantitative estimate of drug-likeness (QED) is 0.553. The van der Waals surface area contributed by atoms with Gasteiger partial charge in [0.05, 0.1) is 11.3 Å². The SMILES string of the molecule is N#Cc1ccn(-c2ccccc2Br)c1C(=O)N1CCN(Cc2ccc3c(c2)OCO3)CC1. The van der Waals surface area contributed by atoms with Crippen molar-refractivity contribution >= 4 is 21.8 Å². The molecular weight excluding hydrogens is 472 g/mol. The molecule has 7 nitrogen and oxygen atoms in total. The number of hydrogen-bond donors (Lipinski definition) is 0. The fraction of sp³-hybridized carbons (Fsp3) is 0.250. The summed E-state index contributed by atoms with van der Waals surface area (Å²) in [5.74, 6) is 1.45. The van der Waals surface area contributed by atoms with Crippen molar-refractivity contribution in [3.05, 3.63) is 76.0 Å². The molecular formula is C24H21BrN4O3. The third-order valence-electron chi connectivity index (χ3n) is 5.82. The molecule has 5 rings (SSSR count). The summed E-state index contributed by atoms with van der Waals surface area (Å²) >= 11 is 3.55. The minimum Gasteiger partial charge on any atom is -0.454 e. The van der Waals surface area contributed by atoms with Crippen LogP contribution in [0.4, 0.5) is 0 Å². The molecule has 0 unspecified atom stereocenters. The zero-order chi connectivity index (χ0) is 22.1. The lowest BCUT2D eigenvalue weighted by Gasteiger charge is -2.35. The Morgan fingerprint density at radius 2 is 1.81 bits per heavy atom. The van der Waals surface area contributed by atoms with Crippen molar-refractivity contribution in [1.29, 1.82) is 5.26 Å². The van der Waals surface area contributed by atoms with Gasteiger partial charge in [-0.1, -0.05) is 18.2 Å². The number of halogens is 1. The average Bonchev–Trinajstić information content (AvgIpc) is 3.46. The van der Waals surface area contributed by atoms with Crippen LogP contribution in [-0.4, -0.2) is 53.2 Å². The molecule has 1 fully saturated rings. The maximum absolute atomic E-state index is 13.4. The summed E-state index contributed by atoms with van der Waals surface area (Å²) in [5, 5.41) is 9.59. The third kappa shape index (κ3) is 3.85. The standard InChI is InChI=1S/C24H21BrN4O3/c25-19-3-1-2-4-20(19)29-8-7-18(14-26)23(29)24(30)28-11-9-27(10-12-28)15-17-5-6-21-22(13-17)32-16-31-21/h1-8,13H,9-12,15-16H2. The number of carbonyl (C=O) groups is 1. The highest BCUT2D eigenvalue weighted by Gasteiger charge is 2.27. The number of nitriles is 1. The highest BCUT2D eigenvalue weighted by atomic mass is 79.9. The van der Waals surface area contributed by atoms with Gasteiger partial charge in [0, 0.05) is 43.4 Å². The Hall–Kier alpha value is -3.28.